The summed E-state index contributed by atoms with van der Waals surface area (Å²) >= 11 is 0. The normalized spacial score (nSPS) is 59.4. The van der Waals surface area contributed by atoms with Crippen LogP contribution in [0.25, 0.3) is 0 Å². The van der Waals surface area contributed by atoms with E-state index >= 15 is 0 Å². The molecule has 5 saturated carbocycles. The number of hydrogen-bond acceptors (Lipinski definition) is 11. The average Bonchev–Trinajstić information content (AvgIpc) is 3.48. The predicted molar refractivity (Wildman–Crippen MR) is 170 cm³/mol. The Bertz CT molecular complexity index is 1350. The first kappa shape index (κ1) is 34.2. The SMILES string of the molecule is CC(=O)O[C@@H]1C[C@@]23C[C@@]24CC[C@H](O[C@@H]2OC[C@@H](O)[C@H](O)[C@H]2O)C(C)(C)C4CC[C@H]3[C@]2(C)[C@@H](O)[C@]34O[C@H](C[C@@H](C)[C@@H]3[C@@]12C)[C@@H](C(C)(C)O)O4. The molecule has 48 heavy (non-hydrogen) atoms. The van der Waals surface area contributed by atoms with Gasteiger partial charge in [-0.05, 0) is 92.8 Å². The summed E-state index contributed by atoms with van der Waals surface area (Å²) in [6, 6.07) is 0. The first-order valence-electron chi connectivity index (χ1n) is 18.5. The zero-order valence-electron chi connectivity index (χ0n) is 29.8. The number of fused-ring (bicyclic) bond motifs is 4. The second kappa shape index (κ2) is 10.2. The highest BCUT2D eigenvalue weighted by Gasteiger charge is 2.90. The standard InChI is InChI=1S/C37H58O11/c1-17-13-20-28(32(5,6)43)48-37(47-20)27(17)34(8)24(45-18(2)38)14-36-16-35(36)12-11-23(46-29-26(41)25(40)19(39)15-44-29)31(3,4)21(35)9-10-22(36)33(34,7)30(37)42/h17,19-30,39-43H,9-16H2,1-8H3/t17-,19-,20-,21?,22+,23+,24-,25+,26-,27-,28+,29+,30-,33-,34-,35-,36+,37+/m1/s1. The third-order valence-electron chi connectivity index (χ3n) is 16.2. The number of aliphatic hydroxyl groups excluding tert-OH is 4. The van der Waals surface area contributed by atoms with Gasteiger partial charge in [0.1, 0.15) is 36.6 Å². The fourth-order valence-corrected chi connectivity index (χ4v) is 14.3. The molecule has 3 heterocycles. The van der Waals surface area contributed by atoms with E-state index in [-0.39, 0.29) is 64.7 Å². The summed E-state index contributed by atoms with van der Waals surface area (Å²) in [5.74, 6) is -1.33. The van der Waals surface area contributed by atoms with Gasteiger partial charge in [-0.25, -0.2) is 0 Å². The van der Waals surface area contributed by atoms with Gasteiger partial charge in [-0.2, -0.15) is 0 Å². The molecule has 0 radical (unpaired) electrons. The molecule has 3 spiro atoms. The van der Waals surface area contributed by atoms with Gasteiger partial charge in [-0.1, -0.05) is 34.6 Å². The molecule has 2 bridgehead atoms. The number of rotatable bonds is 4. The molecule has 3 saturated heterocycles. The zero-order chi connectivity index (χ0) is 34.8. The number of esters is 1. The summed E-state index contributed by atoms with van der Waals surface area (Å²) in [6.45, 7) is 16.0. The molecule has 8 aliphatic rings. The van der Waals surface area contributed by atoms with Gasteiger partial charge in [-0.15, -0.1) is 0 Å². The molecule has 1 unspecified atom stereocenters. The minimum absolute atomic E-state index is 0.0317. The predicted octanol–water partition coefficient (Wildman–Crippen LogP) is 2.66. The maximum absolute atomic E-state index is 12.9. The topological polar surface area (TPSA) is 164 Å². The Kier molecular flexibility index (Phi) is 7.24. The average molecular weight is 679 g/mol. The van der Waals surface area contributed by atoms with Crippen molar-refractivity contribution in [3.8, 4) is 0 Å². The lowest BCUT2D eigenvalue weighted by molar-refractivity contribution is -0.304. The first-order valence-corrected chi connectivity index (χ1v) is 18.5. The van der Waals surface area contributed by atoms with Gasteiger partial charge in [0.05, 0.1) is 24.4 Å². The number of hydrogen-bond donors (Lipinski definition) is 5. The van der Waals surface area contributed by atoms with Crippen LogP contribution < -0.4 is 0 Å². The number of ether oxygens (including phenoxy) is 5. The molecule has 8 fully saturated rings. The van der Waals surface area contributed by atoms with Crippen molar-refractivity contribution in [1.82, 2.24) is 0 Å². The van der Waals surface area contributed by atoms with Gasteiger partial charge in [0.2, 0.25) is 0 Å². The van der Waals surface area contributed by atoms with Crippen LogP contribution in [0.5, 0.6) is 0 Å². The molecular formula is C37H58O11. The van der Waals surface area contributed by atoms with Crippen molar-refractivity contribution in [3.05, 3.63) is 0 Å². The Hall–Kier alpha value is -0.890. The molecule has 11 heteroatoms. The number of aliphatic hydroxyl groups is 5. The van der Waals surface area contributed by atoms with E-state index < -0.39 is 65.1 Å². The monoisotopic (exact) mass is 678 g/mol. The molecule has 5 aliphatic carbocycles. The van der Waals surface area contributed by atoms with Gasteiger partial charge in [-0.3, -0.25) is 4.79 Å². The minimum atomic E-state index is -1.34. The molecule has 272 valence electrons. The highest BCUT2D eigenvalue weighted by Crippen LogP contribution is 2.90. The van der Waals surface area contributed by atoms with Crippen molar-refractivity contribution in [3.63, 3.8) is 0 Å². The van der Waals surface area contributed by atoms with Crippen LogP contribution in [-0.2, 0) is 28.5 Å². The summed E-state index contributed by atoms with van der Waals surface area (Å²) in [6.07, 6.45) is -1.55. The van der Waals surface area contributed by atoms with Crippen molar-refractivity contribution in [1.29, 1.82) is 0 Å². The van der Waals surface area contributed by atoms with Crippen LogP contribution in [0.4, 0.5) is 0 Å². The van der Waals surface area contributed by atoms with Crippen LogP contribution in [0.15, 0.2) is 0 Å². The fourth-order valence-electron chi connectivity index (χ4n) is 14.3. The summed E-state index contributed by atoms with van der Waals surface area (Å²) in [7, 11) is 0. The van der Waals surface area contributed by atoms with E-state index in [1.165, 1.54) is 6.92 Å². The van der Waals surface area contributed by atoms with Crippen molar-refractivity contribution < 1.29 is 54.0 Å². The van der Waals surface area contributed by atoms with Crippen molar-refractivity contribution in [2.24, 2.45) is 50.7 Å². The molecule has 11 nitrogen and oxygen atoms in total. The Balaban J connectivity index is 1.16. The maximum atomic E-state index is 12.9. The van der Waals surface area contributed by atoms with Crippen LogP contribution >= 0.6 is 0 Å². The van der Waals surface area contributed by atoms with Crippen LogP contribution in [0, 0.1) is 50.7 Å². The Labute approximate surface area is 284 Å². The molecule has 0 aromatic carbocycles. The molecule has 18 atom stereocenters. The largest absolute Gasteiger partial charge is 0.462 e. The zero-order valence-corrected chi connectivity index (χ0v) is 29.8. The molecule has 0 aromatic heterocycles. The van der Waals surface area contributed by atoms with Gasteiger partial charge in [0, 0.05) is 23.7 Å². The highest BCUT2D eigenvalue weighted by molar-refractivity contribution is 5.66. The quantitative estimate of drug-likeness (QED) is 0.219. The van der Waals surface area contributed by atoms with Crippen LogP contribution in [0.3, 0.4) is 0 Å². The number of carbonyl (C=O) groups excluding carboxylic acids is 1. The van der Waals surface area contributed by atoms with E-state index in [9.17, 15) is 30.3 Å². The summed E-state index contributed by atoms with van der Waals surface area (Å²) < 4.78 is 32.2. The second-order valence-corrected chi connectivity index (χ2v) is 18.9. The minimum Gasteiger partial charge on any atom is -0.462 e. The van der Waals surface area contributed by atoms with Gasteiger partial charge < -0.3 is 49.2 Å². The summed E-state index contributed by atoms with van der Waals surface area (Å²) in [5, 5.41) is 55.0. The fraction of sp³-hybridized carbons (Fsp3) is 0.973. The van der Waals surface area contributed by atoms with Gasteiger partial charge in [0.15, 0.2) is 12.1 Å². The Morgan fingerprint density at radius 3 is 2.25 bits per heavy atom. The molecular weight excluding hydrogens is 620 g/mol. The molecule has 8 rings (SSSR count). The van der Waals surface area contributed by atoms with Crippen molar-refractivity contribution in [2.75, 3.05) is 6.61 Å². The van der Waals surface area contributed by atoms with E-state index in [2.05, 4.69) is 34.6 Å². The van der Waals surface area contributed by atoms with Gasteiger partial charge in [0.25, 0.3) is 0 Å². The lowest BCUT2D eigenvalue weighted by Crippen LogP contribution is -2.65. The molecule has 3 aliphatic heterocycles. The summed E-state index contributed by atoms with van der Waals surface area (Å²) in [5.41, 5.74) is -2.98. The van der Waals surface area contributed by atoms with E-state index in [4.69, 9.17) is 23.7 Å². The van der Waals surface area contributed by atoms with Crippen LogP contribution in [0.2, 0.25) is 0 Å². The van der Waals surface area contributed by atoms with E-state index in [1.54, 1.807) is 13.8 Å². The third-order valence-corrected chi connectivity index (χ3v) is 16.2. The van der Waals surface area contributed by atoms with Crippen LogP contribution in [-0.4, -0.2) is 105 Å². The second-order valence-electron chi connectivity index (χ2n) is 18.9. The van der Waals surface area contributed by atoms with E-state index in [0.717, 1.165) is 38.5 Å². The van der Waals surface area contributed by atoms with Gasteiger partial charge >= 0.3 is 5.97 Å². The molecule has 5 N–H and O–H groups in total. The van der Waals surface area contributed by atoms with Crippen molar-refractivity contribution in [2.45, 2.75) is 167 Å². The Morgan fingerprint density at radius 2 is 1.58 bits per heavy atom. The Morgan fingerprint density at radius 1 is 0.896 bits per heavy atom. The van der Waals surface area contributed by atoms with E-state index in [1.807, 2.05) is 0 Å². The van der Waals surface area contributed by atoms with E-state index in [0.29, 0.717) is 6.42 Å². The highest BCUT2D eigenvalue weighted by atomic mass is 16.8. The molecule has 0 amide bonds. The third kappa shape index (κ3) is 3.90. The van der Waals surface area contributed by atoms with Crippen LogP contribution in [0.1, 0.15) is 100 Å². The lowest BCUT2D eigenvalue weighted by Gasteiger charge is -2.65. The first-order chi connectivity index (χ1) is 22.2. The smallest absolute Gasteiger partial charge is 0.302 e. The van der Waals surface area contributed by atoms with Crippen molar-refractivity contribution >= 4 is 5.97 Å². The number of carbonyl (C=O) groups is 1. The molecule has 0 aromatic rings. The maximum Gasteiger partial charge on any atom is 0.302 e. The summed E-state index contributed by atoms with van der Waals surface area (Å²) in [4.78, 5) is 12.9. The lowest BCUT2D eigenvalue weighted by atomic mass is 9.40.